The third kappa shape index (κ3) is 4.57. The topological polar surface area (TPSA) is 92.5 Å². The molecule has 1 aliphatic rings. The van der Waals surface area contributed by atoms with Gasteiger partial charge < -0.3 is 4.90 Å². The molecule has 11 heteroatoms. The van der Waals surface area contributed by atoms with Crippen molar-refractivity contribution in [3.8, 4) is 11.3 Å². The first-order valence-corrected chi connectivity index (χ1v) is 11.5. The summed E-state index contributed by atoms with van der Waals surface area (Å²) in [5.74, 6) is 0.197. The summed E-state index contributed by atoms with van der Waals surface area (Å²) in [7, 11) is -3.22. The van der Waals surface area contributed by atoms with Gasteiger partial charge in [-0.1, -0.05) is 0 Å². The summed E-state index contributed by atoms with van der Waals surface area (Å²) < 4.78 is 52.9. The first kappa shape index (κ1) is 20.6. The molecule has 8 nitrogen and oxygen atoms in total. The Hall–Kier alpha value is -2.66. The molecule has 0 saturated carbocycles. The summed E-state index contributed by atoms with van der Waals surface area (Å²) in [4.78, 5) is 10.7. The van der Waals surface area contributed by atoms with Gasteiger partial charge in [-0.3, -0.25) is 4.98 Å². The van der Waals surface area contributed by atoms with Gasteiger partial charge in [0, 0.05) is 31.4 Å². The fourth-order valence-corrected chi connectivity index (χ4v) is 4.22. The Morgan fingerprint density at radius 1 is 1.27 bits per heavy atom. The molecule has 0 aromatic carbocycles. The number of anilines is 1. The highest BCUT2D eigenvalue weighted by Crippen LogP contribution is 2.28. The van der Waals surface area contributed by atoms with Crippen LogP contribution in [0.15, 0.2) is 36.8 Å². The maximum Gasteiger partial charge on any atom is 0.282 e. The van der Waals surface area contributed by atoms with Gasteiger partial charge in [-0.2, -0.15) is 5.10 Å². The van der Waals surface area contributed by atoms with E-state index < -0.39 is 16.4 Å². The highest BCUT2D eigenvalue weighted by molar-refractivity contribution is 7.88. The van der Waals surface area contributed by atoms with Crippen molar-refractivity contribution in [3.05, 3.63) is 42.5 Å². The summed E-state index contributed by atoms with van der Waals surface area (Å²) in [5.41, 5.74) is 2.34. The molecule has 3 aromatic heterocycles. The Bertz CT molecular complexity index is 1150. The molecule has 0 radical (unpaired) electrons. The molecule has 0 spiro atoms. The molecule has 0 bridgehead atoms. The van der Waals surface area contributed by atoms with Crippen LogP contribution in [0.5, 0.6) is 0 Å². The van der Waals surface area contributed by atoms with Gasteiger partial charge in [-0.25, -0.2) is 31.4 Å². The van der Waals surface area contributed by atoms with Gasteiger partial charge in [-0.05, 0) is 37.0 Å². The molecule has 3 aromatic rings. The van der Waals surface area contributed by atoms with E-state index in [-0.39, 0.29) is 11.6 Å². The number of aromatic nitrogens is 4. The lowest BCUT2D eigenvalue weighted by molar-refractivity contribution is 0.144. The number of piperidine rings is 1. The second-order valence-corrected chi connectivity index (χ2v) is 9.31. The first-order valence-electron chi connectivity index (χ1n) is 9.58. The van der Waals surface area contributed by atoms with Crippen LogP contribution >= 0.6 is 0 Å². The predicted octanol–water partition coefficient (Wildman–Crippen LogP) is 2.49. The quantitative estimate of drug-likeness (QED) is 0.638. The highest BCUT2D eigenvalue weighted by atomic mass is 32.2. The van der Waals surface area contributed by atoms with E-state index in [0.29, 0.717) is 24.4 Å². The second kappa shape index (κ2) is 8.23. The maximum absolute atomic E-state index is 13.1. The van der Waals surface area contributed by atoms with Crippen molar-refractivity contribution in [2.45, 2.75) is 19.3 Å². The van der Waals surface area contributed by atoms with Gasteiger partial charge in [0.05, 0.1) is 30.0 Å². The number of imidazole rings is 1. The number of hydrogen-bond acceptors (Lipinski definition) is 6. The van der Waals surface area contributed by atoms with Crippen LogP contribution in [0.1, 0.15) is 25.0 Å². The van der Waals surface area contributed by atoms with Crippen molar-refractivity contribution < 1.29 is 17.2 Å². The van der Waals surface area contributed by atoms with Gasteiger partial charge in [0.2, 0.25) is 10.0 Å². The van der Waals surface area contributed by atoms with E-state index in [1.54, 1.807) is 18.6 Å². The average molecular weight is 436 g/mol. The first-order chi connectivity index (χ1) is 14.3. The van der Waals surface area contributed by atoms with Crippen LogP contribution in [0.4, 0.5) is 14.5 Å². The Balaban J connectivity index is 1.59. The van der Waals surface area contributed by atoms with E-state index >= 15 is 0 Å². The number of hydrogen-bond donors (Lipinski definition) is 1. The SMILES string of the molecule is CS(=O)(=O)NCC1CCCN(c2cncc(-c3cnc4ccc(C(F)F)nn34)c2)C1. The van der Waals surface area contributed by atoms with E-state index in [9.17, 15) is 17.2 Å². The molecule has 160 valence electrons. The fraction of sp³-hybridized carbons (Fsp3) is 0.421. The summed E-state index contributed by atoms with van der Waals surface area (Å²) >= 11 is 0. The van der Waals surface area contributed by atoms with E-state index in [1.807, 2.05) is 6.07 Å². The van der Waals surface area contributed by atoms with E-state index in [0.717, 1.165) is 36.9 Å². The number of fused-ring (bicyclic) bond motifs is 1. The standard InChI is InChI=1S/C19H22F2N6O2S/c1-30(28,29)24-8-13-3-2-6-26(12-13)15-7-14(9-22-10-15)17-11-23-18-5-4-16(19(20)21)25-27(17)18/h4-5,7,9-11,13,19,24H,2-3,6,8,12H2,1H3. The lowest BCUT2D eigenvalue weighted by Gasteiger charge is -2.34. The smallest absolute Gasteiger partial charge is 0.282 e. The molecular weight excluding hydrogens is 414 g/mol. The third-order valence-corrected chi connectivity index (χ3v) is 5.84. The van der Waals surface area contributed by atoms with Crippen molar-refractivity contribution >= 4 is 21.4 Å². The molecule has 1 unspecified atom stereocenters. The molecule has 1 aliphatic heterocycles. The Morgan fingerprint density at radius 3 is 2.87 bits per heavy atom. The number of halogens is 2. The maximum atomic E-state index is 13.1. The molecule has 4 heterocycles. The predicted molar refractivity (Wildman–Crippen MR) is 109 cm³/mol. The van der Waals surface area contributed by atoms with Crippen LogP contribution < -0.4 is 9.62 Å². The molecule has 1 atom stereocenters. The summed E-state index contributed by atoms with van der Waals surface area (Å²) in [6, 6.07) is 4.71. The Morgan fingerprint density at radius 2 is 2.10 bits per heavy atom. The number of nitrogens with one attached hydrogen (secondary N) is 1. The van der Waals surface area contributed by atoms with Crippen molar-refractivity contribution in [1.82, 2.24) is 24.3 Å². The second-order valence-electron chi connectivity index (χ2n) is 7.48. The van der Waals surface area contributed by atoms with E-state index in [2.05, 4.69) is 24.7 Å². The van der Waals surface area contributed by atoms with Crippen LogP contribution in [0, 0.1) is 5.92 Å². The number of alkyl halides is 2. The number of rotatable bonds is 6. The zero-order valence-electron chi connectivity index (χ0n) is 16.4. The normalized spacial score (nSPS) is 17.7. The molecule has 1 saturated heterocycles. The molecule has 0 aliphatic carbocycles. The molecule has 30 heavy (non-hydrogen) atoms. The van der Waals surface area contributed by atoms with Crippen LogP contribution in [-0.4, -0.2) is 53.9 Å². The van der Waals surface area contributed by atoms with Gasteiger partial charge in [0.15, 0.2) is 5.65 Å². The molecule has 4 rings (SSSR count). The van der Waals surface area contributed by atoms with Crippen LogP contribution in [0.2, 0.25) is 0 Å². The summed E-state index contributed by atoms with van der Waals surface area (Å²) in [5, 5.41) is 4.01. The van der Waals surface area contributed by atoms with Crippen molar-refractivity contribution in [2.75, 3.05) is 30.8 Å². The van der Waals surface area contributed by atoms with Crippen LogP contribution in [-0.2, 0) is 10.0 Å². The van der Waals surface area contributed by atoms with Gasteiger partial charge in [-0.15, -0.1) is 0 Å². The van der Waals surface area contributed by atoms with Crippen molar-refractivity contribution in [2.24, 2.45) is 5.92 Å². The van der Waals surface area contributed by atoms with Crippen LogP contribution in [0.3, 0.4) is 0 Å². The lowest BCUT2D eigenvalue weighted by Crippen LogP contribution is -2.40. The Kier molecular flexibility index (Phi) is 5.65. The minimum atomic E-state index is -3.22. The number of sulfonamides is 1. The van der Waals surface area contributed by atoms with Crippen LogP contribution in [0.25, 0.3) is 16.9 Å². The Labute approximate surface area is 173 Å². The number of pyridine rings is 1. The molecule has 0 amide bonds. The highest BCUT2D eigenvalue weighted by Gasteiger charge is 2.22. The summed E-state index contributed by atoms with van der Waals surface area (Å²) in [6.45, 7) is 1.94. The van der Waals surface area contributed by atoms with Gasteiger partial charge in [0.1, 0.15) is 5.69 Å². The van der Waals surface area contributed by atoms with Gasteiger partial charge >= 0.3 is 0 Å². The van der Waals surface area contributed by atoms with E-state index in [1.165, 1.54) is 16.6 Å². The summed E-state index contributed by atoms with van der Waals surface area (Å²) in [6.07, 6.45) is 5.36. The molecule has 1 N–H and O–H groups in total. The zero-order valence-corrected chi connectivity index (χ0v) is 17.2. The van der Waals surface area contributed by atoms with Crippen molar-refractivity contribution in [3.63, 3.8) is 0 Å². The third-order valence-electron chi connectivity index (χ3n) is 5.14. The van der Waals surface area contributed by atoms with Gasteiger partial charge in [0.25, 0.3) is 6.43 Å². The number of nitrogens with zero attached hydrogens (tertiary/aromatic N) is 5. The molecule has 1 fully saturated rings. The monoisotopic (exact) mass is 436 g/mol. The fourth-order valence-electron chi connectivity index (χ4n) is 3.68. The minimum Gasteiger partial charge on any atom is -0.370 e. The lowest BCUT2D eigenvalue weighted by atomic mass is 9.98. The zero-order chi connectivity index (χ0) is 21.3. The minimum absolute atomic E-state index is 0.197. The average Bonchev–Trinajstić information content (AvgIpc) is 3.15. The largest absolute Gasteiger partial charge is 0.370 e. The van der Waals surface area contributed by atoms with E-state index in [4.69, 9.17) is 0 Å². The van der Waals surface area contributed by atoms with Crippen molar-refractivity contribution in [1.29, 1.82) is 0 Å². The molecular formula is C19H22F2N6O2S.